The molecular weight excluding hydrogens is 132 g/mol. The van der Waals surface area contributed by atoms with Crippen molar-refractivity contribution < 1.29 is 0 Å². The van der Waals surface area contributed by atoms with Crippen LogP contribution in [-0.2, 0) is 0 Å². The van der Waals surface area contributed by atoms with E-state index in [-0.39, 0.29) is 0 Å². The first-order valence-electron chi connectivity index (χ1n) is 4.38. The molecule has 0 bridgehead atoms. The SMILES string of the molecule is C/C=C/C=C/C1CC=CCC1. The van der Waals surface area contributed by atoms with Crippen LogP contribution in [0.4, 0.5) is 0 Å². The molecule has 0 amide bonds. The Morgan fingerprint density at radius 2 is 2.18 bits per heavy atom. The smallest absolute Gasteiger partial charge is 0.0193 e. The van der Waals surface area contributed by atoms with Crippen LogP contribution in [0.1, 0.15) is 26.2 Å². The Morgan fingerprint density at radius 3 is 2.82 bits per heavy atom. The highest BCUT2D eigenvalue weighted by molar-refractivity contribution is 5.06. The van der Waals surface area contributed by atoms with E-state index in [9.17, 15) is 0 Å². The van der Waals surface area contributed by atoms with E-state index in [0.29, 0.717) is 0 Å². The third kappa shape index (κ3) is 3.22. The fourth-order valence-corrected chi connectivity index (χ4v) is 1.32. The van der Waals surface area contributed by atoms with Gasteiger partial charge in [0.1, 0.15) is 0 Å². The molecule has 0 spiro atoms. The Hall–Kier alpha value is -0.780. The van der Waals surface area contributed by atoms with Crippen LogP contribution in [0.5, 0.6) is 0 Å². The molecule has 0 aromatic heterocycles. The maximum atomic E-state index is 2.31. The molecular formula is C11H16. The molecule has 0 aromatic rings. The van der Waals surface area contributed by atoms with Crippen molar-refractivity contribution in [2.75, 3.05) is 0 Å². The Balaban J connectivity index is 2.31. The first-order chi connectivity index (χ1) is 5.43. The lowest BCUT2D eigenvalue weighted by molar-refractivity contribution is 0.584. The van der Waals surface area contributed by atoms with E-state index >= 15 is 0 Å². The van der Waals surface area contributed by atoms with Crippen molar-refractivity contribution in [2.45, 2.75) is 26.2 Å². The zero-order chi connectivity index (χ0) is 7.94. The van der Waals surface area contributed by atoms with Gasteiger partial charge in [0, 0.05) is 0 Å². The summed E-state index contributed by atoms with van der Waals surface area (Å²) >= 11 is 0. The minimum Gasteiger partial charge on any atom is -0.0885 e. The summed E-state index contributed by atoms with van der Waals surface area (Å²) in [6.45, 7) is 2.05. The average molecular weight is 148 g/mol. The van der Waals surface area contributed by atoms with Crippen LogP contribution in [0.25, 0.3) is 0 Å². The number of hydrogen-bond donors (Lipinski definition) is 0. The first kappa shape index (κ1) is 8.32. The molecule has 0 heteroatoms. The number of rotatable bonds is 2. The van der Waals surface area contributed by atoms with E-state index in [2.05, 4.69) is 36.5 Å². The van der Waals surface area contributed by atoms with Gasteiger partial charge in [0.25, 0.3) is 0 Å². The largest absolute Gasteiger partial charge is 0.0885 e. The molecule has 0 aliphatic heterocycles. The highest BCUT2D eigenvalue weighted by Gasteiger charge is 2.03. The van der Waals surface area contributed by atoms with Gasteiger partial charge in [-0.2, -0.15) is 0 Å². The lowest BCUT2D eigenvalue weighted by Gasteiger charge is -2.11. The van der Waals surface area contributed by atoms with E-state index < -0.39 is 0 Å². The second-order valence-electron chi connectivity index (χ2n) is 2.96. The lowest BCUT2D eigenvalue weighted by atomic mass is 9.94. The van der Waals surface area contributed by atoms with E-state index in [1.54, 1.807) is 0 Å². The Kier molecular flexibility index (Phi) is 3.74. The molecule has 0 N–H and O–H groups in total. The molecule has 1 aliphatic rings. The van der Waals surface area contributed by atoms with Gasteiger partial charge in [0.2, 0.25) is 0 Å². The molecule has 60 valence electrons. The van der Waals surface area contributed by atoms with Crippen LogP contribution in [-0.4, -0.2) is 0 Å². The molecule has 1 atom stereocenters. The maximum absolute atomic E-state index is 2.31. The molecule has 1 aliphatic carbocycles. The molecule has 11 heavy (non-hydrogen) atoms. The normalized spacial score (nSPS) is 25.4. The van der Waals surface area contributed by atoms with Crippen LogP contribution < -0.4 is 0 Å². The van der Waals surface area contributed by atoms with Crippen molar-refractivity contribution in [3.63, 3.8) is 0 Å². The summed E-state index contributed by atoms with van der Waals surface area (Å²) in [6, 6.07) is 0. The van der Waals surface area contributed by atoms with Crippen LogP contribution in [0.3, 0.4) is 0 Å². The molecule has 0 aromatic carbocycles. The van der Waals surface area contributed by atoms with Crippen molar-refractivity contribution in [1.82, 2.24) is 0 Å². The maximum Gasteiger partial charge on any atom is -0.0193 e. The standard InChI is InChI=1S/C11H16/c1-2-3-5-8-11-9-6-4-7-10-11/h2-6,8,11H,7,9-10H2,1H3/b3-2+,8-5+. The third-order valence-electron chi connectivity index (χ3n) is 2.00. The van der Waals surface area contributed by atoms with Crippen molar-refractivity contribution in [3.8, 4) is 0 Å². The van der Waals surface area contributed by atoms with Gasteiger partial charge in [0.15, 0.2) is 0 Å². The molecule has 0 radical (unpaired) electrons. The third-order valence-corrected chi connectivity index (χ3v) is 2.00. The second kappa shape index (κ2) is 4.95. The van der Waals surface area contributed by atoms with Gasteiger partial charge in [-0.25, -0.2) is 0 Å². The van der Waals surface area contributed by atoms with E-state index in [1.807, 2.05) is 6.92 Å². The quantitative estimate of drug-likeness (QED) is 0.415. The van der Waals surface area contributed by atoms with Gasteiger partial charge in [-0.1, -0.05) is 36.5 Å². The summed E-state index contributed by atoms with van der Waals surface area (Å²) in [4.78, 5) is 0. The molecule has 0 saturated carbocycles. The van der Waals surface area contributed by atoms with Crippen molar-refractivity contribution in [1.29, 1.82) is 0 Å². The second-order valence-corrected chi connectivity index (χ2v) is 2.96. The topological polar surface area (TPSA) is 0 Å². The summed E-state index contributed by atoms with van der Waals surface area (Å²) in [5.74, 6) is 0.788. The van der Waals surface area contributed by atoms with Gasteiger partial charge >= 0.3 is 0 Å². The number of allylic oxidation sites excluding steroid dienone is 6. The van der Waals surface area contributed by atoms with Crippen LogP contribution in [0.15, 0.2) is 36.5 Å². The summed E-state index contributed by atoms with van der Waals surface area (Å²) in [5.41, 5.74) is 0. The molecule has 0 nitrogen and oxygen atoms in total. The van der Waals surface area contributed by atoms with Gasteiger partial charge in [-0.05, 0) is 32.1 Å². The fraction of sp³-hybridized carbons (Fsp3) is 0.455. The molecule has 0 fully saturated rings. The van der Waals surface area contributed by atoms with Gasteiger partial charge < -0.3 is 0 Å². The zero-order valence-corrected chi connectivity index (χ0v) is 7.16. The molecule has 1 unspecified atom stereocenters. The van der Waals surface area contributed by atoms with Crippen molar-refractivity contribution in [2.24, 2.45) is 5.92 Å². The monoisotopic (exact) mass is 148 g/mol. The van der Waals surface area contributed by atoms with Gasteiger partial charge in [-0.15, -0.1) is 0 Å². The van der Waals surface area contributed by atoms with Crippen LogP contribution in [0, 0.1) is 5.92 Å². The van der Waals surface area contributed by atoms with Crippen molar-refractivity contribution >= 4 is 0 Å². The summed E-state index contributed by atoms with van der Waals surface area (Å²) < 4.78 is 0. The van der Waals surface area contributed by atoms with Crippen LogP contribution >= 0.6 is 0 Å². The van der Waals surface area contributed by atoms with Gasteiger partial charge in [0.05, 0.1) is 0 Å². The summed E-state index contributed by atoms with van der Waals surface area (Å²) in [6.07, 6.45) is 17.0. The Bertz CT molecular complexity index is 172. The Morgan fingerprint density at radius 1 is 1.27 bits per heavy atom. The lowest BCUT2D eigenvalue weighted by Crippen LogP contribution is -1.97. The summed E-state index contributed by atoms with van der Waals surface area (Å²) in [5, 5.41) is 0. The minimum atomic E-state index is 0.788. The van der Waals surface area contributed by atoms with E-state index in [0.717, 1.165) is 5.92 Å². The fourth-order valence-electron chi connectivity index (χ4n) is 1.32. The molecule has 1 rings (SSSR count). The molecule has 0 saturated heterocycles. The number of hydrogen-bond acceptors (Lipinski definition) is 0. The highest BCUT2D eigenvalue weighted by atomic mass is 14.1. The minimum absolute atomic E-state index is 0.788. The highest BCUT2D eigenvalue weighted by Crippen LogP contribution is 2.18. The van der Waals surface area contributed by atoms with Crippen molar-refractivity contribution in [3.05, 3.63) is 36.5 Å². The average Bonchev–Trinajstić information content (AvgIpc) is 2.07. The van der Waals surface area contributed by atoms with E-state index in [4.69, 9.17) is 0 Å². The predicted molar refractivity (Wildman–Crippen MR) is 50.4 cm³/mol. The van der Waals surface area contributed by atoms with E-state index in [1.165, 1.54) is 19.3 Å². The zero-order valence-electron chi connectivity index (χ0n) is 7.16. The van der Waals surface area contributed by atoms with Gasteiger partial charge in [-0.3, -0.25) is 0 Å². The summed E-state index contributed by atoms with van der Waals surface area (Å²) in [7, 11) is 0. The molecule has 0 heterocycles. The predicted octanol–water partition coefficient (Wildman–Crippen LogP) is 3.48. The van der Waals surface area contributed by atoms with Crippen LogP contribution in [0.2, 0.25) is 0 Å². The Labute approximate surface area is 69.3 Å². The first-order valence-corrected chi connectivity index (χ1v) is 4.38.